The molecule has 0 fully saturated rings. The van der Waals surface area contributed by atoms with E-state index in [0.717, 1.165) is 12.4 Å². The molecule has 0 radical (unpaired) electrons. The molecule has 1 N–H and O–H groups in total. The fourth-order valence-corrected chi connectivity index (χ4v) is 2.62. The van der Waals surface area contributed by atoms with Crippen LogP contribution in [0.4, 0.5) is 0 Å². The van der Waals surface area contributed by atoms with E-state index in [0.29, 0.717) is 5.92 Å². The van der Waals surface area contributed by atoms with E-state index in [1.807, 2.05) is 31.4 Å². The zero-order valence-electron chi connectivity index (χ0n) is 10.3. The average molecular weight is 240 g/mol. The van der Waals surface area contributed by atoms with Crippen molar-refractivity contribution in [3.63, 3.8) is 0 Å². The number of fused-ring (bicyclic) bond motifs is 1. The Morgan fingerprint density at radius 1 is 1.28 bits per heavy atom. The van der Waals surface area contributed by atoms with Crippen molar-refractivity contribution in [2.24, 2.45) is 0 Å². The molecule has 92 valence electrons. The lowest BCUT2D eigenvalue weighted by Gasteiger charge is -2.22. The van der Waals surface area contributed by atoms with Gasteiger partial charge in [-0.2, -0.15) is 0 Å². The quantitative estimate of drug-likeness (QED) is 0.895. The highest BCUT2D eigenvalue weighted by Gasteiger charge is 2.31. The standard InChI is InChI=1S/C15H16N2O/c1-16-15(11-5-4-8-17-9-11)13-10-18-14-7-3-2-6-12(13)14/h2-9,13,15-16H,10H2,1H3. The van der Waals surface area contributed by atoms with Crippen molar-refractivity contribution >= 4 is 0 Å². The van der Waals surface area contributed by atoms with Gasteiger partial charge in [0.1, 0.15) is 5.75 Å². The summed E-state index contributed by atoms with van der Waals surface area (Å²) < 4.78 is 5.75. The maximum absolute atomic E-state index is 5.75. The van der Waals surface area contributed by atoms with Gasteiger partial charge in [0.2, 0.25) is 0 Å². The first kappa shape index (κ1) is 11.2. The van der Waals surface area contributed by atoms with Crippen LogP contribution >= 0.6 is 0 Å². The Kier molecular flexibility index (Phi) is 2.99. The Hall–Kier alpha value is -1.87. The predicted octanol–water partition coefficient (Wildman–Crippen LogP) is 2.52. The summed E-state index contributed by atoms with van der Waals surface area (Å²) in [4.78, 5) is 4.20. The molecule has 0 bridgehead atoms. The van der Waals surface area contributed by atoms with Crippen molar-refractivity contribution in [1.29, 1.82) is 0 Å². The Bertz CT molecular complexity index is 527. The molecular formula is C15H16N2O. The Morgan fingerprint density at radius 2 is 2.17 bits per heavy atom. The van der Waals surface area contributed by atoms with Crippen LogP contribution in [-0.4, -0.2) is 18.6 Å². The highest BCUT2D eigenvalue weighted by molar-refractivity contribution is 5.41. The summed E-state index contributed by atoms with van der Waals surface area (Å²) in [5, 5.41) is 3.38. The number of ether oxygens (including phenoxy) is 1. The van der Waals surface area contributed by atoms with Crippen molar-refractivity contribution in [3.8, 4) is 5.75 Å². The fraction of sp³-hybridized carbons (Fsp3) is 0.267. The summed E-state index contributed by atoms with van der Waals surface area (Å²) in [6.45, 7) is 0.722. The number of benzene rings is 1. The average Bonchev–Trinajstić information content (AvgIpc) is 2.85. The third kappa shape index (κ3) is 1.87. The molecule has 3 nitrogen and oxygen atoms in total. The number of hydrogen-bond donors (Lipinski definition) is 1. The van der Waals surface area contributed by atoms with E-state index in [1.54, 1.807) is 6.20 Å². The van der Waals surface area contributed by atoms with Crippen LogP contribution in [0.5, 0.6) is 5.75 Å². The largest absolute Gasteiger partial charge is 0.493 e. The highest BCUT2D eigenvalue weighted by Crippen LogP contribution is 2.40. The molecule has 2 atom stereocenters. The van der Waals surface area contributed by atoms with Crippen molar-refractivity contribution in [2.75, 3.05) is 13.7 Å². The third-order valence-corrected chi connectivity index (χ3v) is 3.49. The molecule has 1 aliphatic heterocycles. The maximum atomic E-state index is 5.75. The first-order valence-corrected chi connectivity index (χ1v) is 6.19. The van der Waals surface area contributed by atoms with Gasteiger partial charge in [0.25, 0.3) is 0 Å². The van der Waals surface area contributed by atoms with Crippen LogP contribution in [-0.2, 0) is 0 Å². The van der Waals surface area contributed by atoms with Gasteiger partial charge in [0, 0.05) is 29.9 Å². The van der Waals surface area contributed by atoms with Gasteiger partial charge >= 0.3 is 0 Å². The molecular weight excluding hydrogens is 224 g/mol. The SMILES string of the molecule is CNC(c1cccnc1)C1COc2ccccc21. The van der Waals surface area contributed by atoms with Gasteiger partial charge in [-0.1, -0.05) is 24.3 Å². The number of likely N-dealkylation sites (N-methyl/N-ethyl adjacent to an activating group) is 1. The van der Waals surface area contributed by atoms with Gasteiger partial charge in [0.05, 0.1) is 6.61 Å². The van der Waals surface area contributed by atoms with Crippen LogP contribution < -0.4 is 10.1 Å². The van der Waals surface area contributed by atoms with Gasteiger partial charge in [-0.05, 0) is 24.7 Å². The lowest BCUT2D eigenvalue weighted by Crippen LogP contribution is -2.25. The van der Waals surface area contributed by atoms with Crippen molar-refractivity contribution in [2.45, 2.75) is 12.0 Å². The summed E-state index contributed by atoms with van der Waals surface area (Å²) >= 11 is 0. The van der Waals surface area contributed by atoms with Crippen LogP contribution in [0.3, 0.4) is 0 Å². The zero-order chi connectivity index (χ0) is 12.4. The Balaban J connectivity index is 1.95. The molecule has 3 heteroatoms. The molecule has 0 saturated carbocycles. The second kappa shape index (κ2) is 4.78. The van der Waals surface area contributed by atoms with E-state index < -0.39 is 0 Å². The summed E-state index contributed by atoms with van der Waals surface area (Å²) in [6.07, 6.45) is 3.72. The third-order valence-electron chi connectivity index (χ3n) is 3.49. The normalized spacial score (nSPS) is 19.1. The molecule has 18 heavy (non-hydrogen) atoms. The molecule has 1 aromatic heterocycles. The lowest BCUT2D eigenvalue weighted by atomic mass is 9.89. The Morgan fingerprint density at radius 3 is 2.94 bits per heavy atom. The predicted molar refractivity (Wildman–Crippen MR) is 70.7 cm³/mol. The number of para-hydroxylation sites is 1. The molecule has 0 saturated heterocycles. The molecule has 0 aliphatic carbocycles. The Labute approximate surface area is 107 Å². The van der Waals surface area contributed by atoms with E-state index >= 15 is 0 Å². The number of rotatable bonds is 3. The molecule has 2 aromatic rings. The second-order valence-electron chi connectivity index (χ2n) is 4.51. The van der Waals surface area contributed by atoms with Crippen LogP contribution in [0.1, 0.15) is 23.1 Å². The molecule has 0 amide bonds. The van der Waals surface area contributed by atoms with Crippen molar-refractivity contribution in [1.82, 2.24) is 10.3 Å². The summed E-state index contributed by atoms with van der Waals surface area (Å²) in [7, 11) is 1.98. The van der Waals surface area contributed by atoms with Gasteiger partial charge in [0.15, 0.2) is 0 Å². The van der Waals surface area contributed by atoms with Crippen molar-refractivity contribution < 1.29 is 4.74 Å². The number of hydrogen-bond acceptors (Lipinski definition) is 3. The minimum atomic E-state index is 0.238. The van der Waals surface area contributed by atoms with Gasteiger partial charge in [-0.3, -0.25) is 4.98 Å². The monoisotopic (exact) mass is 240 g/mol. The number of pyridine rings is 1. The van der Waals surface area contributed by atoms with Crippen LogP contribution in [0.25, 0.3) is 0 Å². The summed E-state index contributed by atoms with van der Waals surface area (Å²) in [6, 6.07) is 12.6. The summed E-state index contributed by atoms with van der Waals surface area (Å²) in [5.41, 5.74) is 2.48. The molecule has 1 aliphatic rings. The molecule has 1 aromatic carbocycles. The number of nitrogens with one attached hydrogen (secondary N) is 1. The van der Waals surface area contributed by atoms with E-state index in [-0.39, 0.29) is 6.04 Å². The fourth-order valence-electron chi connectivity index (χ4n) is 2.62. The smallest absolute Gasteiger partial charge is 0.122 e. The van der Waals surface area contributed by atoms with Crippen LogP contribution in [0, 0.1) is 0 Å². The summed E-state index contributed by atoms with van der Waals surface area (Å²) in [5.74, 6) is 1.35. The van der Waals surface area contributed by atoms with Crippen molar-refractivity contribution in [3.05, 3.63) is 59.9 Å². The molecule has 3 rings (SSSR count). The maximum Gasteiger partial charge on any atom is 0.122 e. The van der Waals surface area contributed by atoms with Crippen LogP contribution in [0.15, 0.2) is 48.8 Å². The minimum absolute atomic E-state index is 0.238. The van der Waals surface area contributed by atoms with Gasteiger partial charge in [-0.25, -0.2) is 0 Å². The van der Waals surface area contributed by atoms with E-state index in [4.69, 9.17) is 4.74 Å². The topological polar surface area (TPSA) is 34.2 Å². The van der Waals surface area contributed by atoms with E-state index in [9.17, 15) is 0 Å². The number of nitrogens with zero attached hydrogens (tertiary/aromatic N) is 1. The second-order valence-corrected chi connectivity index (χ2v) is 4.51. The first-order chi connectivity index (χ1) is 8.90. The van der Waals surface area contributed by atoms with E-state index in [2.05, 4.69) is 28.5 Å². The zero-order valence-corrected chi connectivity index (χ0v) is 10.3. The highest BCUT2D eigenvalue weighted by atomic mass is 16.5. The van der Waals surface area contributed by atoms with E-state index in [1.165, 1.54) is 11.1 Å². The van der Waals surface area contributed by atoms with Crippen LogP contribution in [0.2, 0.25) is 0 Å². The minimum Gasteiger partial charge on any atom is -0.493 e. The molecule has 0 spiro atoms. The number of aromatic nitrogens is 1. The first-order valence-electron chi connectivity index (χ1n) is 6.19. The molecule has 2 unspecified atom stereocenters. The molecule has 2 heterocycles. The lowest BCUT2D eigenvalue weighted by molar-refractivity contribution is 0.304. The van der Waals surface area contributed by atoms with Gasteiger partial charge < -0.3 is 10.1 Å². The van der Waals surface area contributed by atoms with Gasteiger partial charge in [-0.15, -0.1) is 0 Å².